The molecule has 1 heterocycles. The van der Waals surface area contributed by atoms with Gasteiger partial charge in [-0.05, 0) is 51.7 Å². The maximum absolute atomic E-state index is 11.6. The van der Waals surface area contributed by atoms with Crippen LogP contribution in [0.15, 0.2) is 23.3 Å². The third kappa shape index (κ3) is 12.2. The minimum Gasteiger partial charge on any atom is -0.460 e. The van der Waals surface area contributed by atoms with Crippen LogP contribution in [-0.2, 0) is 16.0 Å². The first-order valence-corrected chi connectivity index (χ1v) is 9.95. The van der Waals surface area contributed by atoms with Crippen molar-refractivity contribution in [2.24, 2.45) is 4.99 Å². The normalized spacial score (nSPS) is 12.0. The van der Waals surface area contributed by atoms with Gasteiger partial charge in [-0.3, -0.25) is 9.79 Å². The third-order valence-electron chi connectivity index (χ3n) is 3.74. The Kier molecular flexibility index (Phi) is 10.8. The molecule has 0 aliphatic rings. The van der Waals surface area contributed by atoms with Crippen LogP contribution in [0.3, 0.4) is 0 Å². The van der Waals surface area contributed by atoms with E-state index < -0.39 is 5.60 Å². The molecule has 0 saturated carbocycles. The largest absolute Gasteiger partial charge is 0.460 e. The highest BCUT2D eigenvalue weighted by molar-refractivity contribution is 6.29. The first-order valence-electron chi connectivity index (χ1n) is 9.57. The van der Waals surface area contributed by atoms with Gasteiger partial charge < -0.3 is 15.4 Å². The molecule has 0 fully saturated rings. The molecule has 7 heteroatoms. The van der Waals surface area contributed by atoms with E-state index in [4.69, 9.17) is 16.3 Å². The molecule has 0 saturated heterocycles. The summed E-state index contributed by atoms with van der Waals surface area (Å²) in [6, 6.07) is 3.78. The second-order valence-corrected chi connectivity index (χ2v) is 7.80. The van der Waals surface area contributed by atoms with Crippen LogP contribution in [0.25, 0.3) is 0 Å². The zero-order valence-electron chi connectivity index (χ0n) is 17.0. The molecule has 152 valence electrons. The maximum atomic E-state index is 11.6. The summed E-state index contributed by atoms with van der Waals surface area (Å²) in [6.07, 6.45) is 7.15. The number of guanidine groups is 1. The highest BCUT2D eigenvalue weighted by atomic mass is 35.5. The topological polar surface area (TPSA) is 75.6 Å². The standard InChI is InChI=1S/C20H33ClN4O2/c1-20(2,3)27-18(26)9-7-5-6-8-13-23-19(22-4)24-14-12-16-10-11-17(21)25-15-16/h10-11,15H,5-9,12-14H2,1-4H3,(H2,22,23,24). The molecule has 6 nitrogen and oxygen atoms in total. The minimum atomic E-state index is -0.395. The Bertz CT molecular complexity index is 583. The Balaban J connectivity index is 2.05. The Morgan fingerprint density at radius 2 is 1.85 bits per heavy atom. The van der Waals surface area contributed by atoms with E-state index >= 15 is 0 Å². The molecule has 0 aromatic carbocycles. The van der Waals surface area contributed by atoms with Gasteiger partial charge in [-0.15, -0.1) is 0 Å². The molecular formula is C20H33ClN4O2. The van der Waals surface area contributed by atoms with Crippen molar-refractivity contribution in [1.82, 2.24) is 15.6 Å². The first-order chi connectivity index (χ1) is 12.8. The predicted octanol–water partition coefficient (Wildman–Crippen LogP) is 3.73. The van der Waals surface area contributed by atoms with Crippen molar-refractivity contribution < 1.29 is 9.53 Å². The fourth-order valence-electron chi connectivity index (χ4n) is 2.45. The molecule has 0 bridgehead atoms. The summed E-state index contributed by atoms with van der Waals surface area (Å²) in [6.45, 7) is 7.31. The maximum Gasteiger partial charge on any atom is 0.306 e. The van der Waals surface area contributed by atoms with Crippen LogP contribution in [0.2, 0.25) is 5.15 Å². The van der Waals surface area contributed by atoms with Gasteiger partial charge in [0.15, 0.2) is 5.96 Å². The van der Waals surface area contributed by atoms with Crippen LogP contribution in [0.1, 0.15) is 58.4 Å². The number of aromatic nitrogens is 1. The number of halogens is 1. The summed E-state index contributed by atoms with van der Waals surface area (Å²) >= 11 is 5.78. The van der Waals surface area contributed by atoms with Gasteiger partial charge in [0.25, 0.3) is 0 Å². The van der Waals surface area contributed by atoms with E-state index in [-0.39, 0.29) is 5.97 Å². The highest BCUT2D eigenvalue weighted by Gasteiger charge is 2.15. The molecule has 0 aliphatic carbocycles. The summed E-state index contributed by atoms with van der Waals surface area (Å²) in [5.41, 5.74) is 0.737. The molecule has 0 radical (unpaired) electrons. The zero-order chi connectivity index (χ0) is 20.1. The smallest absolute Gasteiger partial charge is 0.306 e. The van der Waals surface area contributed by atoms with Crippen molar-refractivity contribution in [1.29, 1.82) is 0 Å². The number of hydrogen-bond acceptors (Lipinski definition) is 4. The molecule has 0 amide bonds. The molecule has 27 heavy (non-hydrogen) atoms. The second kappa shape index (κ2) is 12.5. The number of ether oxygens (including phenoxy) is 1. The number of aliphatic imine (C=N–C) groups is 1. The van der Waals surface area contributed by atoms with Gasteiger partial charge in [0, 0.05) is 32.8 Å². The van der Waals surface area contributed by atoms with Crippen LogP contribution >= 0.6 is 11.6 Å². The van der Waals surface area contributed by atoms with E-state index in [2.05, 4.69) is 20.6 Å². The lowest BCUT2D eigenvalue weighted by Crippen LogP contribution is -2.38. The van der Waals surface area contributed by atoms with Crippen LogP contribution < -0.4 is 10.6 Å². The SMILES string of the molecule is CN=C(NCCCCCCC(=O)OC(C)(C)C)NCCc1ccc(Cl)nc1. The first kappa shape index (κ1) is 23.2. The number of nitrogens with one attached hydrogen (secondary N) is 2. The lowest BCUT2D eigenvalue weighted by molar-refractivity contribution is -0.154. The van der Waals surface area contributed by atoms with Crippen molar-refractivity contribution >= 4 is 23.5 Å². The Labute approximate surface area is 168 Å². The van der Waals surface area contributed by atoms with Crippen molar-refractivity contribution in [3.63, 3.8) is 0 Å². The van der Waals surface area contributed by atoms with Crippen molar-refractivity contribution in [3.8, 4) is 0 Å². The molecule has 0 unspecified atom stereocenters. The van der Waals surface area contributed by atoms with E-state index in [1.807, 2.05) is 26.8 Å². The minimum absolute atomic E-state index is 0.110. The Morgan fingerprint density at radius 3 is 2.48 bits per heavy atom. The summed E-state index contributed by atoms with van der Waals surface area (Å²) in [4.78, 5) is 19.9. The average Bonchev–Trinajstić information content (AvgIpc) is 2.59. The summed E-state index contributed by atoms with van der Waals surface area (Å²) in [7, 11) is 1.76. The van der Waals surface area contributed by atoms with Gasteiger partial charge in [-0.25, -0.2) is 4.98 Å². The number of carbonyl (C=O) groups excluding carboxylic acids is 1. The molecule has 0 aliphatic heterocycles. The molecule has 1 rings (SSSR count). The Morgan fingerprint density at radius 1 is 1.15 bits per heavy atom. The second-order valence-electron chi connectivity index (χ2n) is 7.42. The van der Waals surface area contributed by atoms with E-state index in [1.54, 1.807) is 19.3 Å². The average molecular weight is 397 g/mol. The molecule has 1 aromatic rings. The number of hydrogen-bond donors (Lipinski definition) is 2. The van der Waals surface area contributed by atoms with Crippen molar-refractivity contribution in [3.05, 3.63) is 29.0 Å². The molecule has 1 aromatic heterocycles. The fraction of sp³-hybridized carbons (Fsp3) is 0.650. The number of esters is 1. The van der Waals surface area contributed by atoms with E-state index in [0.29, 0.717) is 11.6 Å². The lowest BCUT2D eigenvalue weighted by atomic mass is 10.1. The van der Waals surface area contributed by atoms with E-state index in [1.165, 1.54) is 0 Å². The quantitative estimate of drug-likeness (QED) is 0.207. The third-order valence-corrected chi connectivity index (χ3v) is 3.96. The highest BCUT2D eigenvalue weighted by Crippen LogP contribution is 2.11. The number of rotatable bonds is 10. The Hall–Kier alpha value is -1.82. The van der Waals surface area contributed by atoms with Gasteiger partial charge in [0.1, 0.15) is 10.8 Å². The molecule has 0 spiro atoms. The lowest BCUT2D eigenvalue weighted by Gasteiger charge is -2.19. The number of carbonyl (C=O) groups is 1. The van der Waals surface area contributed by atoms with E-state index in [0.717, 1.165) is 56.7 Å². The van der Waals surface area contributed by atoms with Gasteiger partial charge in [0.05, 0.1) is 0 Å². The van der Waals surface area contributed by atoms with Crippen LogP contribution in [0, 0.1) is 0 Å². The summed E-state index contributed by atoms with van der Waals surface area (Å²) in [5.74, 6) is 0.687. The molecule has 2 N–H and O–H groups in total. The van der Waals surface area contributed by atoms with Crippen LogP contribution in [0.4, 0.5) is 0 Å². The van der Waals surface area contributed by atoms with E-state index in [9.17, 15) is 4.79 Å². The molecule has 0 atom stereocenters. The monoisotopic (exact) mass is 396 g/mol. The van der Waals surface area contributed by atoms with Crippen molar-refractivity contribution in [2.45, 2.75) is 64.9 Å². The number of nitrogens with zero attached hydrogens (tertiary/aromatic N) is 2. The number of unbranched alkanes of at least 4 members (excludes halogenated alkanes) is 3. The number of pyridine rings is 1. The van der Waals surface area contributed by atoms with Gasteiger partial charge in [0.2, 0.25) is 0 Å². The zero-order valence-corrected chi connectivity index (χ0v) is 17.7. The summed E-state index contributed by atoms with van der Waals surface area (Å²) in [5, 5.41) is 7.10. The van der Waals surface area contributed by atoms with Gasteiger partial charge in [-0.2, -0.15) is 0 Å². The summed E-state index contributed by atoms with van der Waals surface area (Å²) < 4.78 is 5.30. The van der Waals surface area contributed by atoms with Gasteiger partial charge >= 0.3 is 5.97 Å². The van der Waals surface area contributed by atoms with Crippen LogP contribution in [0.5, 0.6) is 0 Å². The predicted molar refractivity (Wildman–Crippen MR) is 111 cm³/mol. The molecular weight excluding hydrogens is 364 g/mol. The van der Waals surface area contributed by atoms with Crippen LogP contribution in [-0.4, -0.2) is 42.7 Å². The fourth-order valence-corrected chi connectivity index (χ4v) is 2.56. The van der Waals surface area contributed by atoms with Crippen molar-refractivity contribution in [2.75, 3.05) is 20.1 Å². The van der Waals surface area contributed by atoms with Gasteiger partial charge in [-0.1, -0.05) is 30.5 Å².